The highest BCUT2D eigenvalue weighted by Gasteiger charge is 2.20. The summed E-state index contributed by atoms with van der Waals surface area (Å²) in [6, 6.07) is 10.7. The van der Waals surface area contributed by atoms with Crippen LogP contribution in [0.4, 0.5) is 0 Å². The summed E-state index contributed by atoms with van der Waals surface area (Å²) in [5.74, 6) is 1.53. The van der Waals surface area contributed by atoms with Crippen molar-refractivity contribution in [3.05, 3.63) is 64.0 Å². The molecule has 1 aliphatic rings. The lowest BCUT2D eigenvalue weighted by Crippen LogP contribution is -2.35. The van der Waals surface area contributed by atoms with Crippen LogP contribution in [0.1, 0.15) is 31.7 Å². The standard InChI is InChI=1S/C24H23Cl2N3O4/c1-15(2)29(14-21-27-28-24(33-21)17-6-3-4-7-18(17)25)22(30)9-8-16-12-19(26)23-20(13-16)31-10-5-11-32-23/h3-4,6-9,12-13,15H,5,10-11,14H2,1-2H3. The Bertz CT molecular complexity index is 1180. The third-order valence-electron chi connectivity index (χ3n) is 5.03. The van der Waals surface area contributed by atoms with Gasteiger partial charge in [-0.3, -0.25) is 4.79 Å². The van der Waals surface area contributed by atoms with Crippen LogP contribution in [0.2, 0.25) is 10.0 Å². The lowest BCUT2D eigenvalue weighted by molar-refractivity contribution is -0.128. The van der Waals surface area contributed by atoms with Gasteiger partial charge in [0.25, 0.3) is 0 Å². The number of benzene rings is 2. The minimum absolute atomic E-state index is 0.0924. The molecule has 2 heterocycles. The molecule has 0 aliphatic carbocycles. The van der Waals surface area contributed by atoms with Gasteiger partial charge >= 0.3 is 0 Å². The maximum absolute atomic E-state index is 13.0. The lowest BCUT2D eigenvalue weighted by atomic mass is 10.1. The van der Waals surface area contributed by atoms with E-state index in [1.165, 1.54) is 6.08 Å². The summed E-state index contributed by atoms with van der Waals surface area (Å²) in [4.78, 5) is 14.6. The van der Waals surface area contributed by atoms with Crippen LogP contribution in [0, 0.1) is 0 Å². The van der Waals surface area contributed by atoms with Gasteiger partial charge in [0.1, 0.15) is 0 Å². The molecule has 3 aromatic rings. The maximum Gasteiger partial charge on any atom is 0.249 e. The molecular formula is C24H23Cl2N3O4. The second-order valence-electron chi connectivity index (χ2n) is 7.75. The van der Waals surface area contributed by atoms with Gasteiger partial charge in [0.05, 0.1) is 35.4 Å². The summed E-state index contributed by atoms with van der Waals surface area (Å²) in [6.45, 7) is 5.11. The van der Waals surface area contributed by atoms with Crippen LogP contribution < -0.4 is 9.47 Å². The maximum atomic E-state index is 13.0. The SMILES string of the molecule is CC(C)N(Cc1nnc(-c2ccccc2Cl)o1)C(=O)C=Cc1cc(Cl)c2c(c1)OCCCO2. The first-order valence-electron chi connectivity index (χ1n) is 10.6. The molecule has 7 nitrogen and oxygen atoms in total. The molecule has 0 spiro atoms. The number of carbonyl (C=O) groups excluding carboxylic acids is 1. The Morgan fingerprint density at radius 2 is 1.91 bits per heavy atom. The van der Waals surface area contributed by atoms with Crippen molar-refractivity contribution in [2.45, 2.75) is 32.9 Å². The molecule has 2 aromatic carbocycles. The zero-order chi connectivity index (χ0) is 23.4. The number of ether oxygens (including phenoxy) is 2. The molecule has 172 valence electrons. The second kappa shape index (κ2) is 10.3. The van der Waals surface area contributed by atoms with Gasteiger partial charge in [-0.05, 0) is 49.8 Å². The van der Waals surface area contributed by atoms with E-state index in [-0.39, 0.29) is 18.5 Å². The average Bonchev–Trinajstić information content (AvgIpc) is 3.12. The first-order valence-corrected chi connectivity index (χ1v) is 11.3. The highest BCUT2D eigenvalue weighted by atomic mass is 35.5. The highest BCUT2D eigenvalue weighted by Crippen LogP contribution is 2.38. The predicted octanol–water partition coefficient (Wildman–Crippen LogP) is 5.66. The van der Waals surface area contributed by atoms with Crippen LogP contribution in [0.25, 0.3) is 17.5 Å². The van der Waals surface area contributed by atoms with Crippen molar-refractivity contribution in [1.82, 2.24) is 15.1 Å². The number of hydrogen-bond acceptors (Lipinski definition) is 6. The van der Waals surface area contributed by atoms with Crippen LogP contribution >= 0.6 is 23.2 Å². The predicted molar refractivity (Wildman–Crippen MR) is 127 cm³/mol. The van der Waals surface area contributed by atoms with E-state index in [9.17, 15) is 4.79 Å². The molecule has 0 saturated carbocycles. The number of amides is 1. The minimum atomic E-state index is -0.203. The molecule has 1 amide bonds. The smallest absolute Gasteiger partial charge is 0.249 e. The van der Waals surface area contributed by atoms with Crippen molar-refractivity contribution in [3.63, 3.8) is 0 Å². The van der Waals surface area contributed by atoms with Crippen LogP contribution in [0.3, 0.4) is 0 Å². The molecule has 0 fully saturated rings. The van der Waals surface area contributed by atoms with E-state index in [1.807, 2.05) is 32.0 Å². The normalized spacial score (nSPS) is 13.4. The fourth-order valence-electron chi connectivity index (χ4n) is 3.33. The van der Waals surface area contributed by atoms with Gasteiger partial charge in [0.15, 0.2) is 11.5 Å². The van der Waals surface area contributed by atoms with Crippen LogP contribution in [0.5, 0.6) is 11.5 Å². The first-order chi connectivity index (χ1) is 15.9. The first kappa shape index (κ1) is 23.1. The van der Waals surface area contributed by atoms with E-state index in [2.05, 4.69) is 10.2 Å². The van der Waals surface area contributed by atoms with Gasteiger partial charge in [-0.25, -0.2) is 0 Å². The van der Waals surface area contributed by atoms with Gasteiger partial charge < -0.3 is 18.8 Å². The number of aromatic nitrogens is 2. The van der Waals surface area contributed by atoms with Crippen LogP contribution in [-0.2, 0) is 11.3 Å². The Hall–Kier alpha value is -3.03. The molecular weight excluding hydrogens is 465 g/mol. The van der Waals surface area contributed by atoms with Gasteiger partial charge in [0, 0.05) is 18.5 Å². The molecule has 1 aliphatic heterocycles. The fraction of sp³-hybridized carbons (Fsp3) is 0.292. The average molecular weight is 488 g/mol. The van der Waals surface area contributed by atoms with E-state index < -0.39 is 0 Å². The lowest BCUT2D eigenvalue weighted by Gasteiger charge is -2.23. The zero-order valence-electron chi connectivity index (χ0n) is 18.3. The monoisotopic (exact) mass is 487 g/mol. The van der Waals surface area contributed by atoms with E-state index in [4.69, 9.17) is 37.1 Å². The Kier molecular flexibility index (Phi) is 7.20. The van der Waals surface area contributed by atoms with Crippen molar-refractivity contribution < 1.29 is 18.7 Å². The van der Waals surface area contributed by atoms with Crippen LogP contribution in [0.15, 0.2) is 46.9 Å². The van der Waals surface area contributed by atoms with E-state index in [0.717, 1.165) is 12.0 Å². The third kappa shape index (κ3) is 5.49. The Labute approximate surface area is 201 Å². The topological polar surface area (TPSA) is 77.7 Å². The van der Waals surface area contributed by atoms with E-state index in [0.29, 0.717) is 52.1 Å². The van der Waals surface area contributed by atoms with E-state index in [1.54, 1.807) is 29.2 Å². The molecule has 0 bridgehead atoms. The highest BCUT2D eigenvalue weighted by molar-refractivity contribution is 6.33. The quantitative estimate of drug-likeness (QED) is 0.417. The molecule has 0 radical (unpaired) electrons. The summed E-state index contributed by atoms with van der Waals surface area (Å²) in [5.41, 5.74) is 1.38. The van der Waals surface area contributed by atoms with Gasteiger partial charge in [-0.1, -0.05) is 35.3 Å². The minimum Gasteiger partial charge on any atom is -0.489 e. The second-order valence-corrected chi connectivity index (χ2v) is 8.57. The number of hydrogen-bond donors (Lipinski definition) is 0. The molecule has 33 heavy (non-hydrogen) atoms. The number of halogens is 2. The molecule has 1 aromatic heterocycles. The molecule has 0 unspecified atom stereocenters. The molecule has 0 atom stereocenters. The zero-order valence-corrected chi connectivity index (χ0v) is 19.8. The molecule has 0 N–H and O–H groups in total. The molecule has 4 rings (SSSR count). The Morgan fingerprint density at radius 3 is 2.70 bits per heavy atom. The van der Waals surface area contributed by atoms with E-state index >= 15 is 0 Å². The van der Waals surface area contributed by atoms with Gasteiger partial charge in [-0.15, -0.1) is 10.2 Å². The summed E-state index contributed by atoms with van der Waals surface area (Å²) in [5, 5.41) is 9.12. The third-order valence-corrected chi connectivity index (χ3v) is 5.64. The molecule has 0 saturated heterocycles. The fourth-order valence-corrected chi connectivity index (χ4v) is 3.82. The van der Waals surface area contributed by atoms with Crippen molar-refractivity contribution in [2.75, 3.05) is 13.2 Å². The number of nitrogens with zero attached hydrogens (tertiary/aromatic N) is 3. The van der Waals surface area contributed by atoms with Gasteiger partial charge in [0.2, 0.25) is 17.7 Å². The number of carbonyl (C=O) groups is 1. The summed E-state index contributed by atoms with van der Waals surface area (Å²) >= 11 is 12.6. The van der Waals surface area contributed by atoms with Gasteiger partial charge in [-0.2, -0.15) is 0 Å². The summed E-state index contributed by atoms with van der Waals surface area (Å²) in [6.07, 6.45) is 3.97. The Balaban J connectivity index is 1.49. The number of rotatable bonds is 6. The van der Waals surface area contributed by atoms with Crippen molar-refractivity contribution in [2.24, 2.45) is 0 Å². The van der Waals surface area contributed by atoms with Crippen molar-refractivity contribution in [3.8, 4) is 23.0 Å². The van der Waals surface area contributed by atoms with Crippen LogP contribution in [-0.4, -0.2) is 40.3 Å². The largest absolute Gasteiger partial charge is 0.489 e. The summed E-state index contributed by atoms with van der Waals surface area (Å²) < 4.78 is 17.1. The number of fused-ring (bicyclic) bond motifs is 1. The Morgan fingerprint density at radius 1 is 1.12 bits per heavy atom. The van der Waals surface area contributed by atoms with Crippen molar-refractivity contribution in [1.29, 1.82) is 0 Å². The summed E-state index contributed by atoms with van der Waals surface area (Å²) in [7, 11) is 0. The van der Waals surface area contributed by atoms with Crippen molar-refractivity contribution >= 4 is 35.2 Å². The molecule has 9 heteroatoms.